The van der Waals surface area contributed by atoms with E-state index < -0.39 is 5.72 Å². The average molecular weight is 299 g/mol. The SMILES string of the molecule is COC1(N)C=CC(CN2C[C@H](c3ccccc3)NC2=O)=CC1. The Morgan fingerprint density at radius 1 is 1.41 bits per heavy atom. The van der Waals surface area contributed by atoms with Crippen LogP contribution in [0.4, 0.5) is 4.79 Å². The summed E-state index contributed by atoms with van der Waals surface area (Å²) in [5.74, 6) is 0. The first-order chi connectivity index (χ1) is 10.6. The minimum absolute atomic E-state index is 0.0283. The van der Waals surface area contributed by atoms with Crippen molar-refractivity contribution < 1.29 is 9.53 Å². The fraction of sp³-hybridized carbons (Fsp3) is 0.353. The molecule has 1 saturated heterocycles. The second-order valence-corrected chi connectivity index (χ2v) is 5.77. The first kappa shape index (κ1) is 14.8. The van der Waals surface area contributed by atoms with E-state index in [1.54, 1.807) is 7.11 Å². The molecule has 1 aliphatic carbocycles. The molecule has 0 radical (unpaired) electrons. The zero-order valence-electron chi connectivity index (χ0n) is 12.7. The largest absolute Gasteiger partial charge is 0.360 e. The summed E-state index contributed by atoms with van der Waals surface area (Å²) in [6.07, 6.45) is 6.45. The van der Waals surface area contributed by atoms with Crippen molar-refractivity contribution in [3.8, 4) is 0 Å². The molecule has 0 saturated carbocycles. The normalized spacial score (nSPS) is 27.7. The number of carbonyl (C=O) groups is 1. The van der Waals surface area contributed by atoms with Gasteiger partial charge in [-0.2, -0.15) is 0 Å². The molecule has 22 heavy (non-hydrogen) atoms. The van der Waals surface area contributed by atoms with Gasteiger partial charge in [0.2, 0.25) is 0 Å². The van der Waals surface area contributed by atoms with E-state index in [0.29, 0.717) is 19.5 Å². The van der Waals surface area contributed by atoms with Crippen LogP contribution < -0.4 is 11.1 Å². The lowest BCUT2D eigenvalue weighted by Gasteiger charge is -2.27. The maximum absolute atomic E-state index is 12.1. The third-order valence-corrected chi connectivity index (χ3v) is 4.21. The summed E-state index contributed by atoms with van der Waals surface area (Å²) >= 11 is 0. The Morgan fingerprint density at radius 3 is 2.82 bits per heavy atom. The van der Waals surface area contributed by atoms with Gasteiger partial charge in [-0.25, -0.2) is 4.79 Å². The van der Waals surface area contributed by atoms with Crippen molar-refractivity contribution in [1.82, 2.24) is 10.2 Å². The molecule has 3 N–H and O–H groups in total. The summed E-state index contributed by atoms with van der Waals surface area (Å²) < 4.78 is 5.25. The standard InChI is InChI=1S/C17H21N3O2/c1-22-17(18)9-7-13(8-10-17)11-20-12-15(19-16(20)21)14-5-3-2-4-6-14/h2-9,15H,10-12,18H2,1H3,(H,19,21)/t15-,17?/m1/s1. The first-order valence-corrected chi connectivity index (χ1v) is 7.42. The lowest BCUT2D eigenvalue weighted by atomic mass is 10.00. The van der Waals surface area contributed by atoms with Gasteiger partial charge in [0.15, 0.2) is 0 Å². The number of rotatable bonds is 4. The monoisotopic (exact) mass is 299 g/mol. The van der Waals surface area contributed by atoms with Gasteiger partial charge in [-0.15, -0.1) is 0 Å². The van der Waals surface area contributed by atoms with Crippen LogP contribution in [0.3, 0.4) is 0 Å². The summed E-state index contributed by atoms with van der Waals surface area (Å²) in [6, 6.07) is 10.0. The number of nitrogens with one attached hydrogen (secondary N) is 1. The molecule has 1 aromatic rings. The smallest absolute Gasteiger partial charge is 0.318 e. The molecule has 2 aliphatic rings. The molecule has 1 heterocycles. The highest BCUT2D eigenvalue weighted by Gasteiger charge is 2.30. The van der Waals surface area contributed by atoms with E-state index in [1.807, 2.05) is 53.5 Å². The number of hydrogen-bond acceptors (Lipinski definition) is 3. The second-order valence-electron chi connectivity index (χ2n) is 5.77. The maximum Gasteiger partial charge on any atom is 0.318 e. The zero-order valence-corrected chi connectivity index (χ0v) is 12.7. The Bertz CT molecular complexity index is 612. The molecule has 0 spiro atoms. The topological polar surface area (TPSA) is 67.6 Å². The Labute approximate surface area is 130 Å². The van der Waals surface area contributed by atoms with E-state index in [9.17, 15) is 4.79 Å². The quantitative estimate of drug-likeness (QED) is 0.835. The summed E-state index contributed by atoms with van der Waals surface area (Å²) in [7, 11) is 1.60. The molecule has 3 rings (SSSR count). The molecule has 2 atom stereocenters. The second kappa shape index (κ2) is 5.94. The Morgan fingerprint density at radius 2 is 2.18 bits per heavy atom. The summed E-state index contributed by atoms with van der Waals surface area (Å²) in [5, 5.41) is 3.02. The third kappa shape index (κ3) is 3.05. The van der Waals surface area contributed by atoms with E-state index in [1.165, 1.54) is 0 Å². The number of amides is 2. The van der Waals surface area contributed by atoms with Crippen molar-refractivity contribution in [2.75, 3.05) is 20.2 Å². The molecule has 1 aliphatic heterocycles. The van der Waals surface area contributed by atoms with E-state index in [-0.39, 0.29) is 12.1 Å². The van der Waals surface area contributed by atoms with Crippen LogP contribution >= 0.6 is 0 Å². The summed E-state index contributed by atoms with van der Waals surface area (Å²) in [5.41, 5.74) is 7.51. The van der Waals surface area contributed by atoms with Crippen molar-refractivity contribution in [3.63, 3.8) is 0 Å². The van der Waals surface area contributed by atoms with Crippen molar-refractivity contribution in [3.05, 3.63) is 59.7 Å². The third-order valence-electron chi connectivity index (χ3n) is 4.21. The number of ether oxygens (including phenoxy) is 1. The molecule has 0 aromatic heterocycles. The average Bonchev–Trinajstić information content (AvgIpc) is 2.92. The zero-order chi connectivity index (χ0) is 15.6. The first-order valence-electron chi connectivity index (χ1n) is 7.42. The molecule has 116 valence electrons. The number of hydrogen-bond donors (Lipinski definition) is 2. The molecule has 1 fully saturated rings. The molecule has 2 amide bonds. The van der Waals surface area contributed by atoms with Crippen LogP contribution in [0.1, 0.15) is 18.0 Å². The van der Waals surface area contributed by atoms with Crippen LogP contribution in [0, 0.1) is 0 Å². The Kier molecular flexibility index (Phi) is 4.00. The van der Waals surface area contributed by atoms with E-state index >= 15 is 0 Å². The van der Waals surface area contributed by atoms with E-state index in [0.717, 1.165) is 11.1 Å². The number of benzene rings is 1. The number of urea groups is 1. The van der Waals surface area contributed by atoms with Gasteiger partial charge in [0.25, 0.3) is 0 Å². The Hall–Kier alpha value is -2.11. The van der Waals surface area contributed by atoms with E-state index in [4.69, 9.17) is 10.5 Å². The molecular weight excluding hydrogens is 278 g/mol. The molecule has 5 nitrogen and oxygen atoms in total. The van der Waals surface area contributed by atoms with Crippen molar-refractivity contribution in [2.45, 2.75) is 18.2 Å². The van der Waals surface area contributed by atoms with Crippen molar-refractivity contribution >= 4 is 6.03 Å². The summed E-state index contributed by atoms with van der Waals surface area (Å²) in [6.45, 7) is 1.26. The highest BCUT2D eigenvalue weighted by atomic mass is 16.5. The van der Waals surface area contributed by atoms with Gasteiger partial charge >= 0.3 is 6.03 Å². The highest BCUT2D eigenvalue weighted by molar-refractivity contribution is 5.77. The Balaban J connectivity index is 1.63. The number of nitrogens with two attached hydrogens (primary N) is 1. The van der Waals surface area contributed by atoms with Crippen LogP contribution in [-0.2, 0) is 4.74 Å². The van der Waals surface area contributed by atoms with Crippen LogP contribution in [0.25, 0.3) is 0 Å². The van der Waals surface area contributed by atoms with Gasteiger partial charge in [0.05, 0.1) is 6.04 Å². The number of methoxy groups -OCH3 is 1. The van der Waals surface area contributed by atoms with Crippen LogP contribution in [0.5, 0.6) is 0 Å². The molecule has 1 unspecified atom stereocenters. The number of nitrogens with zero attached hydrogens (tertiary/aromatic N) is 1. The van der Waals surface area contributed by atoms with Gasteiger partial charge in [0, 0.05) is 26.6 Å². The summed E-state index contributed by atoms with van der Waals surface area (Å²) in [4.78, 5) is 14.0. The van der Waals surface area contributed by atoms with E-state index in [2.05, 4.69) is 5.32 Å². The molecule has 1 aromatic carbocycles. The maximum atomic E-state index is 12.1. The van der Waals surface area contributed by atoms with Crippen molar-refractivity contribution in [1.29, 1.82) is 0 Å². The van der Waals surface area contributed by atoms with Gasteiger partial charge in [-0.1, -0.05) is 42.5 Å². The fourth-order valence-electron chi connectivity index (χ4n) is 2.76. The lowest BCUT2D eigenvalue weighted by molar-refractivity contribution is 0.0392. The molecule has 0 bridgehead atoms. The van der Waals surface area contributed by atoms with Gasteiger partial charge in [-0.3, -0.25) is 5.73 Å². The van der Waals surface area contributed by atoms with Crippen LogP contribution in [0.15, 0.2) is 54.1 Å². The predicted molar refractivity (Wildman–Crippen MR) is 85.1 cm³/mol. The van der Waals surface area contributed by atoms with Crippen LogP contribution in [0.2, 0.25) is 0 Å². The van der Waals surface area contributed by atoms with Gasteiger partial charge in [-0.05, 0) is 17.2 Å². The minimum Gasteiger partial charge on any atom is -0.360 e. The van der Waals surface area contributed by atoms with Gasteiger partial charge in [0.1, 0.15) is 5.72 Å². The number of carbonyl (C=O) groups excluding carboxylic acids is 1. The van der Waals surface area contributed by atoms with Gasteiger partial charge < -0.3 is 15.0 Å². The fourth-order valence-corrected chi connectivity index (χ4v) is 2.76. The van der Waals surface area contributed by atoms with Crippen molar-refractivity contribution in [2.24, 2.45) is 5.73 Å². The molecule has 5 heteroatoms. The molecular formula is C17H21N3O2. The highest BCUT2D eigenvalue weighted by Crippen LogP contribution is 2.23. The minimum atomic E-state index is -0.719. The lowest BCUT2D eigenvalue weighted by Crippen LogP contribution is -2.40. The predicted octanol–water partition coefficient (Wildman–Crippen LogP) is 1.94. The van der Waals surface area contributed by atoms with Crippen LogP contribution in [-0.4, -0.2) is 36.9 Å².